The number of aliphatic hydroxyl groups excluding tert-OH is 1. The molecule has 3 N–H and O–H groups in total. The molecule has 0 radical (unpaired) electrons. The summed E-state index contributed by atoms with van der Waals surface area (Å²) >= 11 is 0. The summed E-state index contributed by atoms with van der Waals surface area (Å²) in [5.74, 6) is 1.18. The molecule has 9 heteroatoms. The number of nitrogens with two attached hydrogens (primary N) is 1. The van der Waals surface area contributed by atoms with Crippen LogP contribution in [0.15, 0.2) is 88.2 Å². The monoisotopic (exact) mass is 534 g/mol. The van der Waals surface area contributed by atoms with Crippen LogP contribution in [0.5, 0.6) is 0 Å². The van der Waals surface area contributed by atoms with Gasteiger partial charge >= 0.3 is 0 Å². The van der Waals surface area contributed by atoms with E-state index in [0.717, 1.165) is 23.1 Å². The summed E-state index contributed by atoms with van der Waals surface area (Å²) in [7, 11) is -3.80. The summed E-state index contributed by atoms with van der Waals surface area (Å²) in [5.41, 5.74) is 4.36. The van der Waals surface area contributed by atoms with E-state index in [1.165, 1.54) is 12.1 Å². The largest absolute Gasteiger partial charge is 0.437 e. The van der Waals surface area contributed by atoms with Gasteiger partial charge < -0.3 is 19.0 Å². The number of benzene rings is 3. The number of sulfonamides is 1. The fourth-order valence-corrected chi connectivity index (χ4v) is 5.12. The average Bonchev–Trinajstić information content (AvgIpc) is 3.38. The topological polar surface area (TPSA) is 125 Å². The van der Waals surface area contributed by atoms with Crippen LogP contribution < -0.4 is 5.14 Å². The average molecular weight is 535 g/mol. The highest BCUT2D eigenvalue weighted by Crippen LogP contribution is 2.36. The molecule has 0 saturated carbocycles. The maximum Gasteiger partial charge on any atom is 0.238 e. The molecule has 38 heavy (non-hydrogen) atoms. The third kappa shape index (κ3) is 6.03. The predicted molar refractivity (Wildman–Crippen MR) is 142 cm³/mol. The Morgan fingerprint density at radius 3 is 2.53 bits per heavy atom. The van der Waals surface area contributed by atoms with Gasteiger partial charge in [0.15, 0.2) is 12.1 Å². The van der Waals surface area contributed by atoms with E-state index >= 15 is 0 Å². The van der Waals surface area contributed by atoms with E-state index in [0.29, 0.717) is 42.5 Å². The van der Waals surface area contributed by atoms with Crippen LogP contribution in [0.3, 0.4) is 0 Å². The van der Waals surface area contributed by atoms with Crippen LogP contribution in [0.4, 0.5) is 0 Å². The van der Waals surface area contributed by atoms with Gasteiger partial charge in [0.1, 0.15) is 11.8 Å². The number of oxazole rings is 1. The maximum absolute atomic E-state index is 11.7. The Morgan fingerprint density at radius 1 is 1.05 bits per heavy atom. The highest BCUT2D eigenvalue weighted by atomic mass is 32.2. The van der Waals surface area contributed by atoms with Gasteiger partial charge in [-0.05, 0) is 54.7 Å². The van der Waals surface area contributed by atoms with E-state index in [1.807, 2.05) is 49.4 Å². The van der Waals surface area contributed by atoms with Crippen molar-refractivity contribution in [2.75, 3.05) is 6.61 Å². The smallest absolute Gasteiger partial charge is 0.238 e. The van der Waals surface area contributed by atoms with Crippen molar-refractivity contribution < 1.29 is 27.4 Å². The first-order valence-electron chi connectivity index (χ1n) is 12.5. The zero-order chi connectivity index (χ0) is 26.7. The number of primary sulfonamides is 1. The second kappa shape index (κ2) is 11.2. The minimum absolute atomic E-state index is 0.0245. The molecule has 1 saturated heterocycles. The van der Waals surface area contributed by atoms with Crippen LogP contribution in [0.2, 0.25) is 0 Å². The highest BCUT2D eigenvalue weighted by Gasteiger charge is 2.23. The van der Waals surface area contributed by atoms with Gasteiger partial charge in [0, 0.05) is 17.5 Å². The lowest BCUT2D eigenvalue weighted by molar-refractivity contribution is -0.129. The van der Waals surface area contributed by atoms with E-state index in [-0.39, 0.29) is 10.8 Å². The van der Waals surface area contributed by atoms with Gasteiger partial charge in [-0.3, -0.25) is 0 Å². The maximum atomic E-state index is 11.7. The lowest BCUT2D eigenvalue weighted by atomic mass is 9.90. The molecule has 1 aliphatic rings. The first-order chi connectivity index (χ1) is 18.3. The molecular formula is C29H30N2O6S. The molecule has 4 aromatic rings. The predicted octanol–water partition coefficient (Wildman–Crippen LogP) is 5.15. The zero-order valence-electron chi connectivity index (χ0n) is 21.0. The number of hydrogen-bond donors (Lipinski definition) is 2. The van der Waals surface area contributed by atoms with E-state index in [1.54, 1.807) is 12.1 Å². The molecule has 3 atom stereocenters. The summed E-state index contributed by atoms with van der Waals surface area (Å²) in [5, 5.41) is 15.1. The van der Waals surface area contributed by atoms with Gasteiger partial charge in [-0.2, -0.15) is 0 Å². The van der Waals surface area contributed by atoms with Crippen molar-refractivity contribution in [2.45, 2.75) is 49.6 Å². The van der Waals surface area contributed by atoms with Crippen molar-refractivity contribution in [3.8, 4) is 22.6 Å². The molecule has 198 valence electrons. The molecule has 3 unspecified atom stereocenters. The fraction of sp³-hybridized carbons (Fsp3) is 0.276. The molecule has 3 aromatic carbocycles. The Bertz CT molecular complexity index is 1490. The summed E-state index contributed by atoms with van der Waals surface area (Å²) in [6.07, 6.45) is 0.295. The van der Waals surface area contributed by atoms with Gasteiger partial charge in [0.2, 0.25) is 15.9 Å². The molecule has 2 heterocycles. The summed E-state index contributed by atoms with van der Waals surface area (Å²) in [6, 6.07) is 24.0. The molecule has 1 fully saturated rings. The lowest BCUT2D eigenvalue weighted by Gasteiger charge is -2.26. The number of nitrogens with zero attached hydrogens (tertiary/aromatic N) is 1. The van der Waals surface area contributed by atoms with E-state index in [2.05, 4.69) is 12.1 Å². The normalized spacial score (nSPS) is 18.8. The first kappa shape index (κ1) is 26.3. The third-order valence-electron chi connectivity index (χ3n) is 6.67. The van der Waals surface area contributed by atoms with E-state index in [9.17, 15) is 13.5 Å². The Balaban J connectivity index is 1.37. The SMILES string of the molecule is CC(OCc1cccc(C2CCOC(O)C2)c1)c1nc(-c2ccccc2)c(-c2ccc(S(N)(=O)=O)cc2)o1. The quantitative estimate of drug-likeness (QED) is 0.320. The highest BCUT2D eigenvalue weighted by molar-refractivity contribution is 7.89. The number of aromatic nitrogens is 1. The van der Waals surface area contributed by atoms with Crippen molar-refractivity contribution in [1.29, 1.82) is 0 Å². The van der Waals surface area contributed by atoms with Crippen molar-refractivity contribution in [3.63, 3.8) is 0 Å². The Labute approximate surface area is 222 Å². The number of rotatable bonds is 8. The zero-order valence-corrected chi connectivity index (χ0v) is 21.8. The van der Waals surface area contributed by atoms with E-state index in [4.69, 9.17) is 24.0 Å². The van der Waals surface area contributed by atoms with Gasteiger partial charge in [-0.15, -0.1) is 0 Å². The van der Waals surface area contributed by atoms with Crippen molar-refractivity contribution in [3.05, 3.63) is 95.9 Å². The first-order valence-corrected chi connectivity index (χ1v) is 14.0. The molecule has 5 rings (SSSR count). The lowest BCUT2D eigenvalue weighted by Crippen LogP contribution is -2.24. The molecule has 0 aliphatic carbocycles. The van der Waals surface area contributed by atoms with Gasteiger partial charge in [-0.25, -0.2) is 18.5 Å². The van der Waals surface area contributed by atoms with Crippen molar-refractivity contribution >= 4 is 10.0 Å². The van der Waals surface area contributed by atoms with Crippen LogP contribution in [0.25, 0.3) is 22.6 Å². The summed E-state index contributed by atoms with van der Waals surface area (Å²) < 4.78 is 41.0. The second-order valence-electron chi connectivity index (χ2n) is 9.41. The van der Waals surface area contributed by atoms with Gasteiger partial charge in [0.05, 0.1) is 18.1 Å². The molecular weight excluding hydrogens is 504 g/mol. The fourth-order valence-electron chi connectivity index (χ4n) is 4.60. The van der Waals surface area contributed by atoms with Crippen molar-refractivity contribution in [2.24, 2.45) is 5.14 Å². The molecule has 8 nitrogen and oxygen atoms in total. The van der Waals surface area contributed by atoms with Crippen LogP contribution in [0, 0.1) is 0 Å². The molecule has 1 aliphatic heterocycles. The Hall–Kier alpha value is -3.34. The van der Waals surface area contributed by atoms with Crippen LogP contribution in [-0.2, 0) is 26.1 Å². The Kier molecular flexibility index (Phi) is 7.73. The van der Waals surface area contributed by atoms with Crippen molar-refractivity contribution in [1.82, 2.24) is 4.98 Å². The molecule has 0 bridgehead atoms. The summed E-state index contributed by atoms with van der Waals surface area (Å²) in [4.78, 5) is 4.79. The van der Waals surface area contributed by atoms with Gasteiger partial charge in [0.25, 0.3) is 0 Å². The molecule has 0 spiro atoms. The standard InChI is InChI=1S/C29H30N2O6S/c1-19(36-18-20-6-5-9-23(16-20)24-14-15-35-26(32)17-24)29-31-27(21-7-3-2-4-8-21)28(37-29)22-10-12-25(13-11-22)38(30,33)34/h2-13,16,19,24,26,32H,14-15,17-18H2,1H3,(H2,30,33,34). The Morgan fingerprint density at radius 2 is 1.82 bits per heavy atom. The minimum Gasteiger partial charge on any atom is -0.437 e. The van der Waals surface area contributed by atoms with E-state index < -0.39 is 22.4 Å². The number of aliphatic hydroxyl groups is 1. The summed E-state index contributed by atoms with van der Waals surface area (Å²) in [6.45, 7) is 2.79. The number of hydrogen-bond acceptors (Lipinski definition) is 7. The second-order valence-corrected chi connectivity index (χ2v) is 11.0. The van der Waals surface area contributed by atoms with Crippen LogP contribution in [-0.4, -0.2) is 31.4 Å². The molecule has 0 amide bonds. The number of ether oxygens (including phenoxy) is 2. The van der Waals surface area contributed by atoms with Crippen LogP contribution in [0.1, 0.15) is 48.8 Å². The third-order valence-corrected chi connectivity index (χ3v) is 7.60. The minimum atomic E-state index is -3.80. The molecule has 1 aromatic heterocycles. The van der Waals surface area contributed by atoms with Gasteiger partial charge in [-0.1, -0.05) is 54.6 Å². The van der Waals surface area contributed by atoms with Crippen LogP contribution >= 0.6 is 0 Å².